The van der Waals surface area contributed by atoms with Gasteiger partial charge >= 0.3 is 12.0 Å². The number of amides is 3. The first kappa shape index (κ1) is 14.4. The first-order chi connectivity index (χ1) is 10.1. The molecule has 6 heteroatoms. The van der Waals surface area contributed by atoms with E-state index < -0.39 is 11.9 Å². The number of hydrogen-bond donors (Lipinski definition) is 2. The third-order valence-electron chi connectivity index (χ3n) is 5.32. The first-order valence-corrected chi connectivity index (χ1v) is 7.75. The van der Waals surface area contributed by atoms with Crippen molar-refractivity contribution in [3.05, 3.63) is 0 Å². The Morgan fingerprint density at radius 2 is 1.57 bits per heavy atom. The van der Waals surface area contributed by atoms with Gasteiger partial charge in [0, 0.05) is 7.05 Å². The van der Waals surface area contributed by atoms with E-state index in [0.29, 0.717) is 11.8 Å². The number of nitrogens with one attached hydrogen (secondary N) is 2. The van der Waals surface area contributed by atoms with Gasteiger partial charge in [-0.2, -0.15) is 0 Å². The van der Waals surface area contributed by atoms with Gasteiger partial charge in [-0.1, -0.05) is 0 Å². The van der Waals surface area contributed by atoms with E-state index in [1.807, 2.05) is 0 Å². The summed E-state index contributed by atoms with van der Waals surface area (Å²) in [7, 11) is 1.42. The summed E-state index contributed by atoms with van der Waals surface area (Å²) in [6, 6.07) is -0.592. The Kier molecular flexibility index (Phi) is 3.87. The fourth-order valence-corrected chi connectivity index (χ4v) is 4.77. The van der Waals surface area contributed by atoms with Gasteiger partial charge in [0.05, 0.1) is 5.92 Å². The number of hydrogen-bond acceptors (Lipinski definition) is 4. The van der Waals surface area contributed by atoms with Crippen LogP contribution >= 0.6 is 0 Å². The van der Waals surface area contributed by atoms with Crippen LogP contribution in [0.25, 0.3) is 0 Å². The minimum absolute atomic E-state index is 0.0365. The summed E-state index contributed by atoms with van der Waals surface area (Å²) in [5, 5.41) is 4.36. The highest BCUT2D eigenvalue weighted by Gasteiger charge is 2.51. The molecule has 4 fully saturated rings. The van der Waals surface area contributed by atoms with Crippen LogP contribution in [-0.4, -0.2) is 31.6 Å². The van der Waals surface area contributed by atoms with E-state index in [9.17, 15) is 14.4 Å². The molecule has 0 aromatic carbocycles. The Morgan fingerprint density at radius 1 is 1.00 bits per heavy atom. The Labute approximate surface area is 124 Å². The maximum absolute atomic E-state index is 12.3. The third-order valence-corrected chi connectivity index (χ3v) is 5.32. The van der Waals surface area contributed by atoms with Crippen molar-refractivity contribution in [2.24, 2.45) is 29.6 Å². The van der Waals surface area contributed by atoms with Gasteiger partial charge in [-0.05, 0) is 55.8 Å². The molecule has 4 aliphatic carbocycles. The molecule has 0 heterocycles. The average molecular weight is 294 g/mol. The van der Waals surface area contributed by atoms with Gasteiger partial charge in [0.15, 0.2) is 6.61 Å². The number of carbonyl (C=O) groups is 3. The van der Waals surface area contributed by atoms with Crippen LogP contribution in [0, 0.1) is 29.6 Å². The molecule has 3 amide bonds. The first-order valence-electron chi connectivity index (χ1n) is 7.75. The van der Waals surface area contributed by atoms with Crippen molar-refractivity contribution in [2.75, 3.05) is 13.7 Å². The molecule has 0 spiro atoms. The molecule has 4 aliphatic rings. The van der Waals surface area contributed by atoms with Crippen molar-refractivity contribution in [3.63, 3.8) is 0 Å². The average Bonchev–Trinajstić information content (AvgIpc) is 2.43. The lowest BCUT2D eigenvalue weighted by Gasteiger charge is -2.53. The lowest BCUT2D eigenvalue weighted by atomic mass is 9.52. The highest BCUT2D eigenvalue weighted by atomic mass is 16.5. The van der Waals surface area contributed by atoms with E-state index >= 15 is 0 Å². The zero-order chi connectivity index (χ0) is 15.0. The van der Waals surface area contributed by atoms with Gasteiger partial charge < -0.3 is 10.1 Å². The molecule has 4 rings (SSSR count). The monoisotopic (exact) mass is 294 g/mol. The maximum Gasteiger partial charge on any atom is 0.321 e. The van der Waals surface area contributed by atoms with Crippen molar-refractivity contribution in [3.8, 4) is 0 Å². The second-order valence-electron chi connectivity index (χ2n) is 6.69. The molecule has 0 aliphatic heterocycles. The summed E-state index contributed by atoms with van der Waals surface area (Å²) in [6.45, 7) is -0.380. The van der Waals surface area contributed by atoms with Gasteiger partial charge in [0.2, 0.25) is 0 Å². The highest BCUT2D eigenvalue weighted by molar-refractivity contribution is 5.95. The maximum atomic E-state index is 12.3. The van der Waals surface area contributed by atoms with E-state index in [1.54, 1.807) is 0 Å². The summed E-state index contributed by atoms with van der Waals surface area (Å²) < 4.78 is 5.14. The van der Waals surface area contributed by atoms with E-state index in [1.165, 1.54) is 13.5 Å². The SMILES string of the molecule is CNC(=O)NC(=O)COC(=O)C1C2CC3CC(C2)CC1C3. The van der Waals surface area contributed by atoms with Crippen LogP contribution in [0.2, 0.25) is 0 Å². The number of carbonyl (C=O) groups excluding carboxylic acids is 3. The number of rotatable bonds is 3. The fourth-order valence-electron chi connectivity index (χ4n) is 4.77. The summed E-state index contributed by atoms with van der Waals surface area (Å²) in [5.74, 6) is 1.60. The zero-order valence-corrected chi connectivity index (χ0v) is 12.3. The predicted molar refractivity (Wildman–Crippen MR) is 74.1 cm³/mol. The summed E-state index contributed by atoms with van der Waals surface area (Å²) in [5.41, 5.74) is 0. The van der Waals surface area contributed by atoms with Crippen molar-refractivity contribution in [1.82, 2.24) is 10.6 Å². The number of urea groups is 1. The smallest absolute Gasteiger partial charge is 0.321 e. The number of esters is 1. The van der Waals surface area contributed by atoms with Gasteiger partial charge in [-0.25, -0.2) is 4.79 Å². The molecule has 21 heavy (non-hydrogen) atoms. The van der Waals surface area contributed by atoms with Gasteiger partial charge in [-0.3, -0.25) is 14.9 Å². The van der Waals surface area contributed by atoms with Crippen LogP contribution < -0.4 is 10.6 Å². The van der Waals surface area contributed by atoms with Gasteiger partial charge in [0.25, 0.3) is 5.91 Å². The van der Waals surface area contributed by atoms with E-state index in [4.69, 9.17) is 4.74 Å². The lowest BCUT2D eigenvalue weighted by Crippen LogP contribution is -2.49. The van der Waals surface area contributed by atoms with Crippen LogP contribution in [0.5, 0.6) is 0 Å². The van der Waals surface area contributed by atoms with Crippen molar-refractivity contribution in [1.29, 1.82) is 0 Å². The molecule has 4 bridgehead atoms. The minimum atomic E-state index is -0.592. The molecule has 0 aromatic rings. The lowest BCUT2D eigenvalue weighted by molar-refractivity contribution is -0.164. The molecule has 116 valence electrons. The van der Waals surface area contributed by atoms with Crippen LogP contribution in [0.3, 0.4) is 0 Å². The van der Waals surface area contributed by atoms with E-state index in [-0.39, 0.29) is 18.5 Å². The molecule has 0 unspecified atom stereocenters. The van der Waals surface area contributed by atoms with Crippen LogP contribution in [-0.2, 0) is 14.3 Å². The van der Waals surface area contributed by atoms with E-state index in [0.717, 1.165) is 37.5 Å². The second kappa shape index (κ2) is 5.66. The van der Waals surface area contributed by atoms with Crippen molar-refractivity contribution >= 4 is 17.9 Å². The zero-order valence-electron chi connectivity index (χ0n) is 12.3. The van der Waals surface area contributed by atoms with Crippen LogP contribution in [0.15, 0.2) is 0 Å². The Balaban J connectivity index is 1.52. The minimum Gasteiger partial charge on any atom is -0.455 e. The molecule has 6 nitrogen and oxygen atoms in total. The molecule has 0 aromatic heterocycles. The third kappa shape index (κ3) is 2.89. The van der Waals surface area contributed by atoms with Gasteiger partial charge in [0.1, 0.15) is 0 Å². The van der Waals surface area contributed by atoms with Gasteiger partial charge in [-0.15, -0.1) is 0 Å². The van der Waals surface area contributed by atoms with Crippen LogP contribution in [0.4, 0.5) is 4.79 Å². The van der Waals surface area contributed by atoms with Crippen molar-refractivity contribution in [2.45, 2.75) is 32.1 Å². The quantitative estimate of drug-likeness (QED) is 0.762. The second-order valence-corrected chi connectivity index (χ2v) is 6.69. The molecule has 0 radical (unpaired) electrons. The largest absolute Gasteiger partial charge is 0.455 e. The molecule has 2 N–H and O–H groups in total. The van der Waals surface area contributed by atoms with E-state index in [2.05, 4.69) is 10.6 Å². The number of ether oxygens (including phenoxy) is 1. The topological polar surface area (TPSA) is 84.5 Å². The molecule has 0 atom stereocenters. The predicted octanol–water partition coefficient (Wildman–Crippen LogP) is 1.06. The van der Waals surface area contributed by atoms with Crippen LogP contribution in [0.1, 0.15) is 32.1 Å². The standard InChI is InChI=1S/C15H22N2O4/c1-16-15(20)17-12(18)7-21-14(19)13-10-3-8-2-9(5-10)6-11(13)4-8/h8-11,13H,2-7H2,1H3,(H2,16,17,18,20). The highest BCUT2D eigenvalue weighted by Crippen LogP contribution is 2.56. The Hall–Kier alpha value is -1.59. The summed E-state index contributed by atoms with van der Waals surface area (Å²) >= 11 is 0. The normalized spacial score (nSPS) is 36.1. The Morgan fingerprint density at radius 3 is 2.10 bits per heavy atom. The molecule has 4 saturated carbocycles. The molecule has 0 saturated heterocycles. The summed E-state index contributed by atoms with van der Waals surface area (Å²) in [6.07, 6.45) is 5.88. The van der Waals surface area contributed by atoms with Crippen molar-refractivity contribution < 1.29 is 19.1 Å². The fraction of sp³-hybridized carbons (Fsp3) is 0.800. The Bertz CT molecular complexity index is 435. The number of imide groups is 1. The molecular weight excluding hydrogens is 272 g/mol. The molecular formula is C15H22N2O4. The summed E-state index contributed by atoms with van der Waals surface area (Å²) in [4.78, 5) is 34.7.